The lowest BCUT2D eigenvalue weighted by Gasteiger charge is -2.34. The molecule has 7 nitrogen and oxygen atoms in total. The molecule has 0 aliphatic carbocycles. The number of hydrogen-bond acceptors (Lipinski definition) is 4. The number of hydrogen-bond donors (Lipinski definition) is 1. The quantitative estimate of drug-likeness (QED) is 0.292. The zero-order valence-corrected chi connectivity index (χ0v) is 25.3. The number of sulfonamides is 1. The number of aryl methyl sites for hydroxylation is 2. The summed E-state index contributed by atoms with van der Waals surface area (Å²) in [7, 11) is -4.16. The zero-order chi connectivity index (χ0) is 29.4. The van der Waals surface area contributed by atoms with Gasteiger partial charge in [-0.15, -0.1) is 0 Å². The fourth-order valence-corrected chi connectivity index (χ4v) is 6.11. The maximum absolute atomic E-state index is 14.2. The van der Waals surface area contributed by atoms with Crippen LogP contribution in [-0.4, -0.2) is 44.3 Å². The molecular formula is C31H38ClN3O4S. The molecule has 214 valence electrons. The van der Waals surface area contributed by atoms with Gasteiger partial charge < -0.3 is 10.2 Å². The van der Waals surface area contributed by atoms with Gasteiger partial charge in [0.25, 0.3) is 10.0 Å². The first-order valence-corrected chi connectivity index (χ1v) is 15.3. The predicted octanol–water partition coefficient (Wildman–Crippen LogP) is 5.79. The molecule has 9 heteroatoms. The number of rotatable bonds is 12. The lowest BCUT2D eigenvalue weighted by molar-refractivity contribution is -0.140. The fourth-order valence-electron chi connectivity index (χ4n) is 4.47. The molecule has 0 saturated carbocycles. The van der Waals surface area contributed by atoms with Crippen molar-refractivity contribution in [2.75, 3.05) is 17.4 Å². The van der Waals surface area contributed by atoms with Gasteiger partial charge in [-0.05, 0) is 74.6 Å². The van der Waals surface area contributed by atoms with E-state index in [1.54, 1.807) is 37.3 Å². The summed E-state index contributed by atoms with van der Waals surface area (Å²) in [5, 5.41) is 3.29. The Balaban J connectivity index is 2.11. The molecule has 0 saturated heterocycles. The molecule has 0 aliphatic heterocycles. The van der Waals surface area contributed by atoms with Crippen molar-refractivity contribution in [1.29, 1.82) is 0 Å². The summed E-state index contributed by atoms with van der Waals surface area (Å²) in [4.78, 5) is 28.9. The second kappa shape index (κ2) is 13.8. The van der Waals surface area contributed by atoms with Gasteiger partial charge in [0, 0.05) is 18.1 Å². The Morgan fingerprint density at radius 1 is 0.925 bits per heavy atom. The number of benzene rings is 3. The predicted molar refractivity (Wildman–Crippen MR) is 161 cm³/mol. The lowest BCUT2D eigenvalue weighted by Crippen LogP contribution is -2.52. The molecule has 0 spiro atoms. The highest BCUT2D eigenvalue weighted by molar-refractivity contribution is 7.92. The Hall–Kier alpha value is -3.36. The van der Waals surface area contributed by atoms with E-state index in [0.717, 1.165) is 27.4 Å². The molecule has 0 unspecified atom stereocenters. The van der Waals surface area contributed by atoms with Crippen molar-refractivity contribution in [3.05, 3.63) is 94.0 Å². The van der Waals surface area contributed by atoms with E-state index in [1.807, 2.05) is 52.0 Å². The number of anilines is 1. The molecule has 0 aliphatic rings. The third kappa shape index (κ3) is 7.23. The third-order valence-corrected chi connectivity index (χ3v) is 9.12. The zero-order valence-electron chi connectivity index (χ0n) is 23.8. The van der Waals surface area contributed by atoms with Crippen molar-refractivity contribution in [3.63, 3.8) is 0 Å². The van der Waals surface area contributed by atoms with Crippen LogP contribution in [0.3, 0.4) is 0 Å². The minimum absolute atomic E-state index is 0.0588. The summed E-state index contributed by atoms with van der Waals surface area (Å²) in [5.74, 6) is -0.755. The van der Waals surface area contributed by atoms with Crippen LogP contribution in [0.2, 0.25) is 5.02 Å². The number of carbonyl (C=O) groups is 2. The van der Waals surface area contributed by atoms with E-state index in [4.69, 9.17) is 11.6 Å². The Morgan fingerprint density at radius 2 is 1.60 bits per heavy atom. The molecule has 0 heterocycles. The number of nitrogens with zero attached hydrogens (tertiary/aromatic N) is 2. The van der Waals surface area contributed by atoms with E-state index < -0.39 is 28.5 Å². The highest BCUT2D eigenvalue weighted by atomic mass is 35.5. The van der Waals surface area contributed by atoms with E-state index >= 15 is 0 Å². The summed E-state index contributed by atoms with van der Waals surface area (Å²) in [5.41, 5.74) is 3.60. The van der Waals surface area contributed by atoms with Crippen LogP contribution in [0.1, 0.15) is 48.9 Å². The number of amides is 2. The largest absolute Gasteiger partial charge is 0.354 e. The van der Waals surface area contributed by atoms with Crippen LogP contribution in [0.15, 0.2) is 71.6 Å². The van der Waals surface area contributed by atoms with Gasteiger partial charge >= 0.3 is 0 Å². The van der Waals surface area contributed by atoms with Gasteiger partial charge in [0.2, 0.25) is 11.8 Å². The molecular weight excluding hydrogens is 546 g/mol. The molecule has 1 N–H and O–H groups in total. The lowest BCUT2D eigenvalue weighted by atomic mass is 10.1. The number of halogens is 1. The van der Waals surface area contributed by atoms with Crippen molar-refractivity contribution < 1.29 is 18.0 Å². The van der Waals surface area contributed by atoms with Gasteiger partial charge in [0.05, 0.1) is 10.6 Å². The van der Waals surface area contributed by atoms with Crippen molar-refractivity contribution in [2.24, 2.45) is 0 Å². The maximum atomic E-state index is 14.2. The topological polar surface area (TPSA) is 86.8 Å². The van der Waals surface area contributed by atoms with Crippen molar-refractivity contribution in [3.8, 4) is 0 Å². The van der Waals surface area contributed by atoms with Crippen LogP contribution in [0.4, 0.5) is 5.69 Å². The Morgan fingerprint density at radius 3 is 2.23 bits per heavy atom. The molecule has 3 aromatic rings. The highest BCUT2D eigenvalue weighted by Gasteiger charge is 2.34. The molecule has 0 fully saturated rings. The molecule has 2 amide bonds. The second-order valence-corrected chi connectivity index (χ2v) is 12.1. The molecule has 0 bridgehead atoms. The van der Waals surface area contributed by atoms with E-state index in [0.29, 0.717) is 29.2 Å². The summed E-state index contributed by atoms with van der Waals surface area (Å²) in [6.07, 6.45) is 1.12. The van der Waals surface area contributed by atoms with Crippen LogP contribution >= 0.6 is 11.6 Å². The van der Waals surface area contributed by atoms with Gasteiger partial charge in [0.15, 0.2) is 0 Å². The van der Waals surface area contributed by atoms with Crippen LogP contribution in [0.25, 0.3) is 0 Å². The van der Waals surface area contributed by atoms with Crippen LogP contribution in [0, 0.1) is 20.8 Å². The summed E-state index contributed by atoms with van der Waals surface area (Å²) >= 11 is 6.39. The van der Waals surface area contributed by atoms with E-state index in [-0.39, 0.29) is 17.3 Å². The van der Waals surface area contributed by atoms with Crippen molar-refractivity contribution in [2.45, 2.75) is 64.9 Å². The van der Waals surface area contributed by atoms with Crippen LogP contribution in [-0.2, 0) is 26.2 Å². The Bertz CT molecular complexity index is 1440. The van der Waals surface area contributed by atoms with Gasteiger partial charge in [-0.3, -0.25) is 13.9 Å². The standard InChI is InChI=1S/C31H38ClN3O4S/c1-6-19-33-31(37)28(7-2)34(20-25-12-9-8-11-23(25)4)30(36)21-35(29-14-10-13-27(32)24(29)5)40(38,39)26-17-15-22(3)16-18-26/h8-18,28H,6-7,19-21H2,1-5H3,(H,33,37)/t28-/m1/s1. The monoisotopic (exact) mass is 583 g/mol. The fraction of sp³-hybridized carbons (Fsp3) is 0.355. The number of nitrogens with one attached hydrogen (secondary N) is 1. The van der Waals surface area contributed by atoms with Crippen LogP contribution < -0.4 is 9.62 Å². The Kier molecular flexibility index (Phi) is 10.8. The minimum atomic E-state index is -4.16. The molecule has 0 radical (unpaired) electrons. The van der Waals surface area contributed by atoms with Gasteiger partial charge in [-0.2, -0.15) is 0 Å². The summed E-state index contributed by atoms with van der Waals surface area (Å²) in [6.45, 7) is 9.48. The highest BCUT2D eigenvalue weighted by Crippen LogP contribution is 2.31. The van der Waals surface area contributed by atoms with E-state index in [9.17, 15) is 18.0 Å². The van der Waals surface area contributed by atoms with Gasteiger partial charge in [-0.25, -0.2) is 8.42 Å². The van der Waals surface area contributed by atoms with Crippen LogP contribution in [0.5, 0.6) is 0 Å². The minimum Gasteiger partial charge on any atom is -0.354 e. The average molecular weight is 584 g/mol. The summed E-state index contributed by atoms with van der Waals surface area (Å²) < 4.78 is 29.2. The van der Waals surface area contributed by atoms with Gasteiger partial charge in [-0.1, -0.05) is 73.5 Å². The third-order valence-electron chi connectivity index (χ3n) is 6.93. The molecule has 3 aromatic carbocycles. The van der Waals surface area contributed by atoms with Gasteiger partial charge in [0.1, 0.15) is 12.6 Å². The Labute approximate surface area is 243 Å². The first kappa shape index (κ1) is 31.2. The summed E-state index contributed by atoms with van der Waals surface area (Å²) in [6, 6.07) is 18.3. The first-order valence-electron chi connectivity index (χ1n) is 13.5. The van der Waals surface area contributed by atoms with E-state index in [1.165, 1.54) is 17.0 Å². The smallest absolute Gasteiger partial charge is 0.264 e. The van der Waals surface area contributed by atoms with Crippen molar-refractivity contribution >= 4 is 39.1 Å². The number of carbonyl (C=O) groups excluding carboxylic acids is 2. The molecule has 1 atom stereocenters. The molecule has 3 rings (SSSR count). The average Bonchev–Trinajstić information content (AvgIpc) is 2.93. The second-order valence-electron chi connectivity index (χ2n) is 9.87. The first-order chi connectivity index (χ1) is 19.0. The van der Waals surface area contributed by atoms with E-state index in [2.05, 4.69) is 5.32 Å². The molecule has 0 aromatic heterocycles. The van der Waals surface area contributed by atoms with Crippen molar-refractivity contribution in [1.82, 2.24) is 10.2 Å². The maximum Gasteiger partial charge on any atom is 0.264 e. The SMILES string of the molecule is CCCNC(=O)[C@@H](CC)N(Cc1ccccc1C)C(=O)CN(c1cccc(Cl)c1C)S(=O)(=O)c1ccc(C)cc1. The molecule has 40 heavy (non-hydrogen) atoms. The normalized spacial score (nSPS) is 12.1.